The molecule has 11 heavy (non-hydrogen) atoms. The summed E-state index contributed by atoms with van der Waals surface area (Å²) in [7, 11) is 0. The average Bonchev–Trinajstić information content (AvgIpc) is 1.77. The molecule has 1 fully saturated rings. The van der Waals surface area contributed by atoms with Crippen LogP contribution in [0.15, 0.2) is 0 Å². The molecule has 0 aliphatic heterocycles. The third-order valence-corrected chi connectivity index (χ3v) is 1.87. The second-order valence-electron chi connectivity index (χ2n) is 2.61. The first-order valence-corrected chi connectivity index (χ1v) is 3.32. The molecule has 5 heteroatoms. The number of hydrogen-bond donors (Lipinski definition) is 2. The third-order valence-electron chi connectivity index (χ3n) is 1.87. The van der Waals surface area contributed by atoms with Crippen LogP contribution in [0.1, 0.15) is 25.7 Å². The van der Waals surface area contributed by atoms with E-state index in [0.717, 1.165) is 12.8 Å². The first-order chi connectivity index (χ1) is 3.80. The summed E-state index contributed by atoms with van der Waals surface area (Å²) in [5.41, 5.74) is 11.3. The molecule has 1 aliphatic rings. The first-order valence-electron chi connectivity index (χ1n) is 3.32. The van der Waals surface area contributed by atoms with Crippen LogP contribution in [0.25, 0.3) is 0 Å². The van der Waals surface area contributed by atoms with E-state index in [9.17, 15) is 0 Å². The molecule has 4 nitrogen and oxygen atoms in total. The van der Waals surface area contributed by atoms with E-state index < -0.39 is 0 Å². The van der Waals surface area contributed by atoms with Gasteiger partial charge in [-0.15, -0.1) is 0 Å². The molecule has 0 aromatic carbocycles. The number of rotatable bonds is 0. The molecule has 0 heterocycles. The van der Waals surface area contributed by atoms with Gasteiger partial charge in [0.05, 0.1) is 0 Å². The summed E-state index contributed by atoms with van der Waals surface area (Å²) in [5, 5.41) is 0. The zero-order valence-corrected chi connectivity index (χ0v) is 8.73. The Balaban J connectivity index is -0.000000213. The Kier molecular flexibility index (Phi) is 13.8. The zero-order valence-electron chi connectivity index (χ0n) is 6.45. The smallest absolute Gasteiger partial charge is 0.412 e. The summed E-state index contributed by atoms with van der Waals surface area (Å²) >= 11 is 0. The summed E-state index contributed by atoms with van der Waals surface area (Å²) < 4.78 is 0. The summed E-state index contributed by atoms with van der Waals surface area (Å²) in [6, 6.07) is 0.562. The van der Waals surface area contributed by atoms with Crippen LogP contribution < -0.4 is 11.5 Å². The van der Waals surface area contributed by atoms with E-state index in [1.807, 2.05) is 0 Å². The molecule has 0 bridgehead atoms. The first kappa shape index (κ1) is 17.6. The van der Waals surface area contributed by atoms with E-state index in [2.05, 4.69) is 0 Å². The molecular weight excluding hydrogens is 327 g/mol. The maximum absolute atomic E-state index is 5.65. The van der Waals surface area contributed by atoms with Crippen molar-refractivity contribution in [3.63, 3.8) is 0 Å². The van der Waals surface area contributed by atoms with Crippen LogP contribution in [-0.2, 0) is 21.1 Å². The monoisotopic (exact) mass is 345 g/mol. The molecule has 0 amide bonds. The van der Waals surface area contributed by atoms with Gasteiger partial charge in [-0.3, -0.25) is 0 Å². The van der Waals surface area contributed by atoms with Crippen molar-refractivity contribution >= 4 is 0 Å². The van der Waals surface area contributed by atoms with Crippen LogP contribution in [-0.4, -0.2) is 23.0 Å². The van der Waals surface area contributed by atoms with Crippen LogP contribution in [0.2, 0.25) is 0 Å². The summed E-state index contributed by atoms with van der Waals surface area (Å²) in [6.07, 6.45) is 4.80. The Morgan fingerprint density at radius 3 is 1.27 bits per heavy atom. The molecule has 1 rings (SSSR count). The molecule has 72 valence electrons. The van der Waals surface area contributed by atoms with Crippen molar-refractivity contribution in [2.45, 2.75) is 37.8 Å². The third kappa shape index (κ3) is 5.76. The zero-order chi connectivity index (χ0) is 5.98. The van der Waals surface area contributed by atoms with Gasteiger partial charge in [-0.1, -0.05) is 12.8 Å². The van der Waals surface area contributed by atoms with Gasteiger partial charge in [0, 0.05) is 12.1 Å². The van der Waals surface area contributed by atoms with E-state index in [1.54, 1.807) is 0 Å². The van der Waals surface area contributed by atoms with E-state index in [0.29, 0.717) is 0 Å². The largest absolute Gasteiger partial charge is 2.00 e. The van der Waals surface area contributed by atoms with Crippen molar-refractivity contribution in [2.75, 3.05) is 0 Å². The van der Waals surface area contributed by atoms with Crippen molar-refractivity contribution in [2.24, 2.45) is 11.5 Å². The molecule has 0 unspecified atom stereocenters. The van der Waals surface area contributed by atoms with Gasteiger partial charge < -0.3 is 22.4 Å². The molecule has 1 saturated carbocycles. The van der Waals surface area contributed by atoms with Crippen molar-refractivity contribution in [3.8, 4) is 0 Å². The van der Waals surface area contributed by atoms with E-state index in [1.165, 1.54) is 12.8 Å². The Bertz CT molecular complexity index is 75.0. The van der Waals surface area contributed by atoms with Gasteiger partial charge in [0.1, 0.15) is 0 Å². The predicted molar refractivity (Wildman–Crippen MR) is 41.6 cm³/mol. The fourth-order valence-corrected chi connectivity index (χ4v) is 1.19. The fraction of sp³-hybridized carbons (Fsp3) is 1.00. The second-order valence-corrected chi connectivity index (χ2v) is 2.61. The molecule has 0 radical (unpaired) electrons. The Hall–Kier alpha value is 0.528. The summed E-state index contributed by atoms with van der Waals surface area (Å²) in [4.78, 5) is 0. The Morgan fingerprint density at radius 2 is 1.09 bits per heavy atom. The van der Waals surface area contributed by atoms with Crippen molar-refractivity contribution < 1.29 is 32.0 Å². The van der Waals surface area contributed by atoms with E-state index in [-0.39, 0.29) is 44.1 Å². The van der Waals surface area contributed by atoms with Crippen molar-refractivity contribution in [1.82, 2.24) is 0 Å². The van der Waals surface area contributed by atoms with E-state index in [4.69, 9.17) is 11.5 Å². The normalized spacial score (nSPS) is 28.9. The Labute approximate surface area is 81.6 Å². The van der Waals surface area contributed by atoms with Crippen molar-refractivity contribution in [3.05, 3.63) is 0 Å². The molecule has 1 aliphatic carbocycles. The molecule has 0 saturated heterocycles. The quantitative estimate of drug-likeness (QED) is 0.560. The topological polar surface area (TPSA) is 115 Å². The van der Waals surface area contributed by atoms with Crippen molar-refractivity contribution in [1.29, 1.82) is 0 Å². The SMILES string of the molecule is N[C@H]1CCCC[C@@H]1N.O.O.[Pt+2]. The van der Waals surface area contributed by atoms with Crippen LogP contribution >= 0.6 is 0 Å². The number of hydrogen-bond acceptors (Lipinski definition) is 2. The van der Waals surface area contributed by atoms with Crippen LogP contribution in [0.3, 0.4) is 0 Å². The summed E-state index contributed by atoms with van der Waals surface area (Å²) in [6.45, 7) is 0. The van der Waals surface area contributed by atoms with E-state index >= 15 is 0 Å². The van der Waals surface area contributed by atoms with Gasteiger partial charge >= 0.3 is 21.1 Å². The Morgan fingerprint density at radius 1 is 0.818 bits per heavy atom. The van der Waals surface area contributed by atoms with Crippen LogP contribution in [0.5, 0.6) is 0 Å². The predicted octanol–water partition coefficient (Wildman–Crippen LogP) is -1.44. The molecule has 8 N–H and O–H groups in total. The van der Waals surface area contributed by atoms with Gasteiger partial charge in [0.25, 0.3) is 0 Å². The minimum atomic E-state index is 0. The molecule has 2 atom stereocenters. The van der Waals surface area contributed by atoms with Crippen LogP contribution in [0.4, 0.5) is 0 Å². The average molecular weight is 345 g/mol. The maximum atomic E-state index is 5.65. The molecule has 0 spiro atoms. The van der Waals surface area contributed by atoms with Crippen LogP contribution in [0, 0.1) is 0 Å². The summed E-state index contributed by atoms with van der Waals surface area (Å²) in [5.74, 6) is 0. The molecule has 0 aromatic rings. The molecular formula is C6H18N2O2Pt+2. The standard InChI is InChI=1S/C6H14N2.2H2O.Pt/c7-5-3-1-2-4-6(5)8;;;/h5-6H,1-4,7-8H2;2*1H2;/q;;;+2/t5-,6-;;;/m0.../s1. The van der Waals surface area contributed by atoms with Gasteiger partial charge in [-0.2, -0.15) is 0 Å². The van der Waals surface area contributed by atoms with Gasteiger partial charge in [-0.05, 0) is 12.8 Å². The maximum Gasteiger partial charge on any atom is 2.00 e. The minimum absolute atomic E-state index is 0. The molecule has 0 aromatic heterocycles. The second kappa shape index (κ2) is 8.62. The minimum Gasteiger partial charge on any atom is -0.412 e. The number of nitrogens with two attached hydrogens (primary N) is 2. The van der Waals surface area contributed by atoms with Gasteiger partial charge in [0.15, 0.2) is 0 Å². The van der Waals surface area contributed by atoms with Gasteiger partial charge in [-0.25, -0.2) is 0 Å². The fourth-order valence-electron chi connectivity index (χ4n) is 1.19. The van der Waals surface area contributed by atoms with Gasteiger partial charge in [0.2, 0.25) is 0 Å².